The van der Waals surface area contributed by atoms with E-state index in [0.717, 1.165) is 30.7 Å². The van der Waals surface area contributed by atoms with E-state index in [-0.39, 0.29) is 0 Å². The SMILES string of the molecule is Cc1oc(CNC2CC2)cc1COCC(C)C. The van der Waals surface area contributed by atoms with Crippen LogP contribution in [-0.4, -0.2) is 12.6 Å². The maximum absolute atomic E-state index is 5.71. The number of hydrogen-bond donors (Lipinski definition) is 1. The van der Waals surface area contributed by atoms with Gasteiger partial charge < -0.3 is 14.5 Å². The molecule has 1 fully saturated rings. The van der Waals surface area contributed by atoms with Crippen molar-refractivity contribution in [2.24, 2.45) is 5.92 Å². The maximum atomic E-state index is 5.71. The van der Waals surface area contributed by atoms with E-state index in [1.165, 1.54) is 18.4 Å². The largest absolute Gasteiger partial charge is 0.465 e. The number of nitrogens with one attached hydrogen (secondary N) is 1. The maximum Gasteiger partial charge on any atom is 0.118 e. The fourth-order valence-electron chi connectivity index (χ4n) is 1.75. The number of hydrogen-bond acceptors (Lipinski definition) is 3. The normalized spacial score (nSPS) is 15.8. The molecule has 0 aromatic carbocycles. The van der Waals surface area contributed by atoms with Crippen LogP contribution in [0.25, 0.3) is 0 Å². The van der Waals surface area contributed by atoms with Gasteiger partial charge >= 0.3 is 0 Å². The summed E-state index contributed by atoms with van der Waals surface area (Å²) in [5.74, 6) is 2.59. The van der Waals surface area contributed by atoms with E-state index >= 15 is 0 Å². The van der Waals surface area contributed by atoms with Gasteiger partial charge in [0.2, 0.25) is 0 Å². The highest BCUT2D eigenvalue weighted by molar-refractivity contribution is 5.20. The molecule has 1 aliphatic rings. The highest BCUT2D eigenvalue weighted by Gasteiger charge is 2.20. The van der Waals surface area contributed by atoms with Crippen molar-refractivity contribution < 1.29 is 9.15 Å². The molecule has 0 atom stereocenters. The highest BCUT2D eigenvalue weighted by atomic mass is 16.5. The minimum absolute atomic E-state index is 0.582. The molecule has 2 rings (SSSR count). The van der Waals surface area contributed by atoms with Gasteiger partial charge in [-0.3, -0.25) is 0 Å². The van der Waals surface area contributed by atoms with E-state index in [2.05, 4.69) is 25.2 Å². The first kappa shape index (κ1) is 12.7. The van der Waals surface area contributed by atoms with Crippen LogP contribution in [-0.2, 0) is 17.9 Å². The Bertz CT molecular complexity index is 353. The van der Waals surface area contributed by atoms with Gasteiger partial charge in [0.1, 0.15) is 11.5 Å². The molecular formula is C14H23NO2. The summed E-state index contributed by atoms with van der Waals surface area (Å²) in [6, 6.07) is 2.84. The first-order valence-corrected chi connectivity index (χ1v) is 6.54. The summed E-state index contributed by atoms with van der Waals surface area (Å²) in [7, 11) is 0. The van der Waals surface area contributed by atoms with E-state index in [9.17, 15) is 0 Å². The van der Waals surface area contributed by atoms with Gasteiger partial charge in [-0.2, -0.15) is 0 Å². The van der Waals surface area contributed by atoms with E-state index in [4.69, 9.17) is 9.15 Å². The van der Waals surface area contributed by atoms with Crippen molar-refractivity contribution in [1.29, 1.82) is 0 Å². The quantitative estimate of drug-likeness (QED) is 0.791. The minimum atomic E-state index is 0.582. The summed E-state index contributed by atoms with van der Waals surface area (Å²) >= 11 is 0. The number of ether oxygens (including phenoxy) is 1. The Labute approximate surface area is 104 Å². The van der Waals surface area contributed by atoms with Crippen LogP contribution in [0.5, 0.6) is 0 Å². The molecule has 1 heterocycles. The van der Waals surface area contributed by atoms with Gasteiger partial charge in [-0.05, 0) is 31.7 Å². The lowest BCUT2D eigenvalue weighted by Gasteiger charge is -2.05. The van der Waals surface area contributed by atoms with Crippen LogP contribution in [0.3, 0.4) is 0 Å². The summed E-state index contributed by atoms with van der Waals surface area (Å²) in [6.45, 7) is 8.64. The molecule has 0 amide bonds. The molecule has 96 valence electrons. The Morgan fingerprint density at radius 1 is 1.47 bits per heavy atom. The van der Waals surface area contributed by atoms with Crippen molar-refractivity contribution in [3.8, 4) is 0 Å². The summed E-state index contributed by atoms with van der Waals surface area (Å²) in [5.41, 5.74) is 1.18. The minimum Gasteiger partial charge on any atom is -0.465 e. The molecule has 0 unspecified atom stereocenters. The fraction of sp³-hybridized carbons (Fsp3) is 0.714. The van der Waals surface area contributed by atoms with Gasteiger partial charge in [0.25, 0.3) is 0 Å². The van der Waals surface area contributed by atoms with Crippen molar-refractivity contribution in [3.05, 3.63) is 23.2 Å². The molecule has 1 aromatic rings. The molecule has 0 bridgehead atoms. The van der Waals surface area contributed by atoms with Gasteiger partial charge in [0.05, 0.1) is 13.2 Å². The molecule has 0 radical (unpaired) electrons. The Morgan fingerprint density at radius 3 is 2.88 bits per heavy atom. The lowest BCUT2D eigenvalue weighted by atomic mass is 10.2. The Hall–Kier alpha value is -0.800. The van der Waals surface area contributed by atoms with E-state index in [0.29, 0.717) is 12.5 Å². The second kappa shape index (κ2) is 5.69. The fourth-order valence-corrected chi connectivity index (χ4v) is 1.75. The number of aryl methyl sites for hydroxylation is 1. The zero-order chi connectivity index (χ0) is 12.3. The van der Waals surface area contributed by atoms with Gasteiger partial charge in [0.15, 0.2) is 0 Å². The second-order valence-electron chi connectivity index (χ2n) is 5.36. The van der Waals surface area contributed by atoms with Gasteiger partial charge in [0, 0.05) is 18.2 Å². The van der Waals surface area contributed by atoms with Crippen molar-refractivity contribution in [3.63, 3.8) is 0 Å². The number of rotatable bonds is 7. The van der Waals surface area contributed by atoms with Crippen LogP contribution < -0.4 is 5.32 Å². The molecule has 1 N–H and O–H groups in total. The number of furan rings is 1. The van der Waals surface area contributed by atoms with Gasteiger partial charge in [-0.15, -0.1) is 0 Å². The highest BCUT2D eigenvalue weighted by Crippen LogP contribution is 2.21. The summed E-state index contributed by atoms with van der Waals surface area (Å²) in [4.78, 5) is 0. The van der Waals surface area contributed by atoms with Crippen molar-refractivity contribution >= 4 is 0 Å². The van der Waals surface area contributed by atoms with Crippen LogP contribution >= 0.6 is 0 Å². The molecule has 3 heteroatoms. The molecule has 0 aliphatic heterocycles. The van der Waals surface area contributed by atoms with E-state index in [1.807, 2.05) is 6.92 Å². The zero-order valence-electron chi connectivity index (χ0n) is 11.1. The predicted molar refractivity (Wildman–Crippen MR) is 67.8 cm³/mol. The molecule has 3 nitrogen and oxygen atoms in total. The van der Waals surface area contributed by atoms with Crippen molar-refractivity contribution in [2.45, 2.75) is 52.8 Å². The van der Waals surface area contributed by atoms with Crippen LogP contribution in [0, 0.1) is 12.8 Å². The van der Waals surface area contributed by atoms with Crippen LogP contribution in [0.4, 0.5) is 0 Å². The van der Waals surface area contributed by atoms with Crippen molar-refractivity contribution in [1.82, 2.24) is 5.32 Å². The van der Waals surface area contributed by atoms with Crippen LogP contribution in [0.15, 0.2) is 10.5 Å². The zero-order valence-corrected chi connectivity index (χ0v) is 11.1. The predicted octanol–water partition coefficient (Wildman–Crippen LogP) is 3.01. The Kier molecular flexibility index (Phi) is 4.24. The average molecular weight is 237 g/mol. The molecular weight excluding hydrogens is 214 g/mol. The summed E-state index contributed by atoms with van der Waals surface area (Å²) in [6.07, 6.45) is 2.62. The third-order valence-corrected chi connectivity index (χ3v) is 2.92. The lowest BCUT2D eigenvalue weighted by Crippen LogP contribution is -2.14. The first-order valence-electron chi connectivity index (χ1n) is 6.54. The van der Waals surface area contributed by atoms with Gasteiger partial charge in [-0.25, -0.2) is 0 Å². The molecule has 0 spiro atoms. The topological polar surface area (TPSA) is 34.4 Å². The smallest absolute Gasteiger partial charge is 0.118 e. The Balaban J connectivity index is 1.79. The second-order valence-corrected chi connectivity index (χ2v) is 5.36. The third-order valence-electron chi connectivity index (χ3n) is 2.92. The lowest BCUT2D eigenvalue weighted by molar-refractivity contribution is 0.0962. The summed E-state index contributed by atoms with van der Waals surface area (Å²) in [5, 5.41) is 3.45. The molecule has 0 saturated heterocycles. The Morgan fingerprint density at radius 2 is 2.24 bits per heavy atom. The molecule has 1 aliphatic carbocycles. The van der Waals surface area contributed by atoms with Crippen LogP contribution in [0.2, 0.25) is 0 Å². The first-order chi connectivity index (χ1) is 8.15. The standard InChI is InChI=1S/C14H23NO2/c1-10(2)8-16-9-12-6-14(17-11(12)3)7-15-13-4-5-13/h6,10,13,15H,4-5,7-9H2,1-3H3. The summed E-state index contributed by atoms with van der Waals surface area (Å²) < 4.78 is 11.3. The monoisotopic (exact) mass is 237 g/mol. The molecule has 1 aromatic heterocycles. The van der Waals surface area contributed by atoms with Gasteiger partial charge in [-0.1, -0.05) is 13.8 Å². The molecule has 1 saturated carbocycles. The third kappa shape index (κ3) is 4.17. The molecule has 17 heavy (non-hydrogen) atoms. The van der Waals surface area contributed by atoms with E-state index in [1.54, 1.807) is 0 Å². The van der Waals surface area contributed by atoms with Crippen LogP contribution in [0.1, 0.15) is 43.8 Å². The van der Waals surface area contributed by atoms with E-state index < -0.39 is 0 Å². The van der Waals surface area contributed by atoms with Crippen molar-refractivity contribution in [2.75, 3.05) is 6.61 Å². The average Bonchev–Trinajstić information content (AvgIpc) is 3.02.